The minimum Gasteiger partial charge on any atom is -0.328 e. The van der Waals surface area contributed by atoms with E-state index in [4.69, 9.17) is 0 Å². The number of imidazole rings is 1. The highest BCUT2D eigenvalue weighted by molar-refractivity contribution is 9.10. The molecule has 19 heavy (non-hydrogen) atoms. The Balaban J connectivity index is 2.55. The molecule has 2 heterocycles. The van der Waals surface area contributed by atoms with Crippen LogP contribution in [-0.4, -0.2) is 14.5 Å². The SMILES string of the molecule is CC(C)n1cc(C(F)(F)F)nc1-c1ccc(Br)nc1. The second kappa shape index (κ2) is 4.96. The van der Waals surface area contributed by atoms with Crippen molar-refractivity contribution in [3.05, 3.63) is 34.8 Å². The normalized spacial score (nSPS) is 12.2. The minimum absolute atomic E-state index is 0.123. The molecule has 102 valence electrons. The predicted octanol–water partition coefficient (Wildman–Crippen LogP) is 4.31. The largest absolute Gasteiger partial charge is 0.434 e. The highest BCUT2D eigenvalue weighted by atomic mass is 79.9. The van der Waals surface area contributed by atoms with Crippen LogP contribution in [0.3, 0.4) is 0 Å². The van der Waals surface area contributed by atoms with E-state index < -0.39 is 11.9 Å². The molecular weight excluding hydrogens is 323 g/mol. The lowest BCUT2D eigenvalue weighted by molar-refractivity contribution is -0.140. The molecule has 0 bridgehead atoms. The monoisotopic (exact) mass is 333 g/mol. The van der Waals surface area contributed by atoms with Gasteiger partial charge in [0.25, 0.3) is 0 Å². The van der Waals surface area contributed by atoms with Gasteiger partial charge in [-0.2, -0.15) is 13.2 Å². The topological polar surface area (TPSA) is 30.7 Å². The molecule has 2 aromatic heterocycles. The van der Waals surface area contributed by atoms with E-state index in [0.29, 0.717) is 10.2 Å². The molecule has 2 aromatic rings. The van der Waals surface area contributed by atoms with Crippen molar-refractivity contribution < 1.29 is 13.2 Å². The van der Waals surface area contributed by atoms with Gasteiger partial charge in [0.2, 0.25) is 0 Å². The molecule has 0 amide bonds. The molecule has 0 spiro atoms. The van der Waals surface area contributed by atoms with Gasteiger partial charge in [0, 0.05) is 24.0 Å². The number of rotatable bonds is 2. The molecule has 0 atom stereocenters. The van der Waals surface area contributed by atoms with Crippen LogP contribution in [0.5, 0.6) is 0 Å². The van der Waals surface area contributed by atoms with Gasteiger partial charge in [0.15, 0.2) is 5.69 Å². The quantitative estimate of drug-likeness (QED) is 0.767. The van der Waals surface area contributed by atoms with Crippen LogP contribution in [0.4, 0.5) is 13.2 Å². The highest BCUT2D eigenvalue weighted by Gasteiger charge is 2.35. The number of hydrogen-bond acceptors (Lipinski definition) is 2. The number of halogens is 4. The second-order valence-electron chi connectivity index (χ2n) is 4.32. The van der Waals surface area contributed by atoms with Crippen molar-refractivity contribution in [1.82, 2.24) is 14.5 Å². The van der Waals surface area contributed by atoms with Crippen LogP contribution >= 0.6 is 15.9 Å². The Bertz CT molecular complexity index is 573. The van der Waals surface area contributed by atoms with Gasteiger partial charge in [-0.15, -0.1) is 0 Å². The third-order valence-electron chi connectivity index (χ3n) is 2.56. The van der Waals surface area contributed by atoms with Crippen LogP contribution in [0.25, 0.3) is 11.4 Å². The van der Waals surface area contributed by atoms with Gasteiger partial charge in [0.1, 0.15) is 10.4 Å². The summed E-state index contributed by atoms with van der Waals surface area (Å²) in [6, 6.07) is 3.22. The molecule has 7 heteroatoms. The smallest absolute Gasteiger partial charge is 0.328 e. The van der Waals surface area contributed by atoms with Crippen LogP contribution in [0, 0.1) is 0 Å². The van der Waals surface area contributed by atoms with E-state index in [1.807, 2.05) is 0 Å². The lowest BCUT2D eigenvalue weighted by Crippen LogP contribution is -2.05. The summed E-state index contributed by atoms with van der Waals surface area (Å²) in [5.41, 5.74) is -0.341. The minimum atomic E-state index is -4.45. The van der Waals surface area contributed by atoms with Crippen LogP contribution < -0.4 is 0 Å². The van der Waals surface area contributed by atoms with Crippen molar-refractivity contribution in [2.45, 2.75) is 26.1 Å². The molecule has 0 aliphatic rings. The van der Waals surface area contributed by atoms with E-state index in [-0.39, 0.29) is 11.9 Å². The third-order valence-corrected chi connectivity index (χ3v) is 3.03. The zero-order valence-electron chi connectivity index (χ0n) is 10.2. The van der Waals surface area contributed by atoms with Gasteiger partial charge in [-0.25, -0.2) is 9.97 Å². The summed E-state index contributed by atoms with van der Waals surface area (Å²) in [7, 11) is 0. The number of nitrogens with zero attached hydrogens (tertiary/aromatic N) is 3. The Kier molecular flexibility index (Phi) is 3.66. The Morgan fingerprint density at radius 1 is 1.26 bits per heavy atom. The van der Waals surface area contributed by atoms with E-state index >= 15 is 0 Å². The third kappa shape index (κ3) is 2.97. The van der Waals surface area contributed by atoms with Crippen LogP contribution in [0.15, 0.2) is 29.1 Å². The van der Waals surface area contributed by atoms with Gasteiger partial charge >= 0.3 is 6.18 Å². The van der Waals surface area contributed by atoms with Crippen molar-refractivity contribution in [3.8, 4) is 11.4 Å². The molecule has 0 aromatic carbocycles. The zero-order chi connectivity index (χ0) is 14.2. The average molecular weight is 334 g/mol. The van der Waals surface area contributed by atoms with Crippen molar-refractivity contribution in [3.63, 3.8) is 0 Å². The van der Waals surface area contributed by atoms with Crippen LogP contribution in [-0.2, 0) is 6.18 Å². The molecule has 0 saturated carbocycles. The fourth-order valence-electron chi connectivity index (χ4n) is 1.65. The van der Waals surface area contributed by atoms with Crippen molar-refractivity contribution in [1.29, 1.82) is 0 Å². The van der Waals surface area contributed by atoms with Crippen molar-refractivity contribution in [2.75, 3.05) is 0 Å². The summed E-state index contributed by atoms with van der Waals surface area (Å²) < 4.78 is 40.3. The van der Waals surface area contributed by atoms with Gasteiger partial charge in [-0.3, -0.25) is 0 Å². The molecule has 0 fully saturated rings. The Morgan fingerprint density at radius 3 is 2.42 bits per heavy atom. The van der Waals surface area contributed by atoms with Gasteiger partial charge < -0.3 is 4.57 Å². The van der Waals surface area contributed by atoms with E-state index in [9.17, 15) is 13.2 Å². The molecule has 0 aliphatic heterocycles. The van der Waals surface area contributed by atoms with E-state index in [2.05, 4.69) is 25.9 Å². The number of pyridine rings is 1. The Morgan fingerprint density at radius 2 is 1.95 bits per heavy atom. The lowest BCUT2D eigenvalue weighted by Gasteiger charge is -2.10. The highest BCUT2D eigenvalue weighted by Crippen LogP contribution is 2.32. The number of alkyl halides is 3. The van der Waals surface area contributed by atoms with E-state index in [1.165, 1.54) is 10.8 Å². The van der Waals surface area contributed by atoms with Crippen molar-refractivity contribution in [2.24, 2.45) is 0 Å². The van der Waals surface area contributed by atoms with Crippen LogP contribution in [0.1, 0.15) is 25.6 Å². The standard InChI is InChI=1S/C12H11BrF3N3/c1-7(2)19-6-9(12(14,15)16)18-11(19)8-3-4-10(13)17-5-8/h3-7H,1-2H3. The fraction of sp³-hybridized carbons (Fsp3) is 0.333. The van der Waals surface area contributed by atoms with Crippen LogP contribution in [0.2, 0.25) is 0 Å². The summed E-state index contributed by atoms with van der Waals surface area (Å²) in [4.78, 5) is 7.69. The van der Waals surface area contributed by atoms with Gasteiger partial charge in [0.05, 0.1) is 0 Å². The summed E-state index contributed by atoms with van der Waals surface area (Å²) in [6.45, 7) is 3.61. The Hall–Kier alpha value is -1.37. The summed E-state index contributed by atoms with van der Waals surface area (Å²) >= 11 is 3.18. The first-order valence-corrected chi connectivity index (χ1v) is 6.36. The number of aromatic nitrogens is 3. The molecule has 0 aliphatic carbocycles. The maximum atomic E-state index is 12.7. The molecule has 0 unspecified atom stereocenters. The molecule has 2 rings (SSSR count). The van der Waals surface area contributed by atoms with E-state index in [1.54, 1.807) is 26.0 Å². The first-order chi connectivity index (χ1) is 8.79. The van der Waals surface area contributed by atoms with E-state index in [0.717, 1.165) is 6.20 Å². The molecule has 0 radical (unpaired) electrons. The predicted molar refractivity (Wildman–Crippen MR) is 68.5 cm³/mol. The lowest BCUT2D eigenvalue weighted by atomic mass is 10.2. The average Bonchev–Trinajstić information content (AvgIpc) is 2.74. The maximum Gasteiger partial charge on any atom is 0.434 e. The Labute approximate surface area is 116 Å². The molecule has 0 N–H and O–H groups in total. The maximum absolute atomic E-state index is 12.7. The molecule has 0 saturated heterocycles. The summed E-state index contributed by atoms with van der Waals surface area (Å²) in [5, 5.41) is 0. The first kappa shape index (κ1) is 14.0. The zero-order valence-corrected chi connectivity index (χ0v) is 11.8. The van der Waals surface area contributed by atoms with Gasteiger partial charge in [-0.1, -0.05) is 0 Å². The fourth-order valence-corrected chi connectivity index (χ4v) is 1.88. The number of hydrogen-bond donors (Lipinski definition) is 0. The molecular formula is C12H11BrF3N3. The van der Waals surface area contributed by atoms with Crippen molar-refractivity contribution >= 4 is 15.9 Å². The molecule has 3 nitrogen and oxygen atoms in total. The first-order valence-electron chi connectivity index (χ1n) is 5.57. The van der Waals surface area contributed by atoms with Gasteiger partial charge in [-0.05, 0) is 41.9 Å². The summed E-state index contributed by atoms with van der Waals surface area (Å²) in [6.07, 6.45) is -1.93. The second-order valence-corrected chi connectivity index (χ2v) is 5.13. The summed E-state index contributed by atoms with van der Waals surface area (Å²) in [5.74, 6) is 0.266.